The Morgan fingerprint density at radius 1 is 1.64 bits per heavy atom. The summed E-state index contributed by atoms with van der Waals surface area (Å²) in [5, 5.41) is 3.12. The van der Waals surface area contributed by atoms with E-state index in [4.69, 9.17) is 0 Å². The highest BCUT2D eigenvalue weighted by molar-refractivity contribution is 5.78. The van der Waals surface area contributed by atoms with E-state index >= 15 is 0 Å². The van der Waals surface area contributed by atoms with E-state index < -0.39 is 0 Å². The van der Waals surface area contributed by atoms with E-state index in [1.165, 1.54) is 0 Å². The van der Waals surface area contributed by atoms with Crippen LogP contribution in [0.4, 0.5) is 5.95 Å². The van der Waals surface area contributed by atoms with Gasteiger partial charge in [-0.2, -0.15) is 0 Å². The zero-order chi connectivity index (χ0) is 9.97. The Kier molecular flexibility index (Phi) is 2.39. The summed E-state index contributed by atoms with van der Waals surface area (Å²) < 4.78 is 1.89. The minimum absolute atomic E-state index is 0.228. The summed E-state index contributed by atoms with van der Waals surface area (Å²) in [5.41, 5.74) is 0. The van der Waals surface area contributed by atoms with Crippen molar-refractivity contribution in [2.75, 3.05) is 18.5 Å². The lowest BCUT2D eigenvalue weighted by Crippen LogP contribution is -2.30. The van der Waals surface area contributed by atoms with Gasteiger partial charge in [0.25, 0.3) is 0 Å². The van der Waals surface area contributed by atoms with Gasteiger partial charge < -0.3 is 14.8 Å². The first kappa shape index (κ1) is 9.05. The van der Waals surface area contributed by atoms with Crippen molar-refractivity contribution in [1.82, 2.24) is 14.5 Å². The lowest BCUT2D eigenvalue weighted by atomic mass is 10.4. The summed E-state index contributed by atoms with van der Waals surface area (Å²) in [5.74, 6) is 1.02. The number of aromatic nitrogens is 2. The van der Waals surface area contributed by atoms with Gasteiger partial charge in [-0.3, -0.25) is 4.79 Å². The molecule has 1 amide bonds. The van der Waals surface area contributed by atoms with Crippen LogP contribution in [0.2, 0.25) is 0 Å². The molecule has 76 valence electrons. The number of rotatable bonds is 3. The fourth-order valence-corrected chi connectivity index (χ4v) is 1.57. The molecule has 5 heteroatoms. The Balaban J connectivity index is 1.88. The highest BCUT2D eigenvalue weighted by atomic mass is 16.2. The Morgan fingerprint density at radius 3 is 3.07 bits per heavy atom. The van der Waals surface area contributed by atoms with Crippen molar-refractivity contribution in [3.05, 3.63) is 12.4 Å². The van der Waals surface area contributed by atoms with Gasteiger partial charge in [-0.05, 0) is 6.42 Å². The van der Waals surface area contributed by atoms with Crippen molar-refractivity contribution < 1.29 is 4.79 Å². The molecule has 0 spiro atoms. The number of hydrogen-bond acceptors (Lipinski definition) is 3. The highest BCUT2D eigenvalue weighted by Crippen LogP contribution is 2.09. The van der Waals surface area contributed by atoms with E-state index in [0.29, 0.717) is 13.1 Å². The van der Waals surface area contributed by atoms with Gasteiger partial charge in [0.15, 0.2) is 0 Å². The molecule has 1 aliphatic rings. The summed E-state index contributed by atoms with van der Waals surface area (Å²) in [6.45, 7) is 1.42. The fraction of sp³-hybridized carbons (Fsp3) is 0.556. The molecule has 0 unspecified atom stereocenters. The van der Waals surface area contributed by atoms with Crippen molar-refractivity contribution in [3.8, 4) is 0 Å². The van der Waals surface area contributed by atoms with E-state index in [0.717, 1.165) is 18.9 Å². The maximum Gasteiger partial charge on any atom is 0.224 e. The number of imidazole rings is 1. The van der Waals surface area contributed by atoms with Gasteiger partial charge in [-0.1, -0.05) is 0 Å². The van der Waals surface area contributed by atoms with Crippen LogP contribution in [-0.2, 0) is 11.8 Å². The van der Waals surface area contributed by atoms with E-state index in [1.54, 1.807) is 6.20 Å². The zero-order valence-corrected chi connectivity index (χ0v) is 8.23. The van der Waals surface area contributed by atoms with Crippen molar-refractivity contribution in [2.45, 2.75) is 12.8 Å². The third kappa shape index (κ3) is 1.71. The lowest BCUT2D eigenvalue weighted by Gasteiger charge is -2.16. The minimum atomic E-state index is 0.228. The number of anilines is 1. The van der Waals surface area contributed by atoms with Gasteiger partial charge in [0.2, 0.25) is 11.9 Å². The second-order valence-corrected chi connectivity index (χ2v) is 3.46. The number of carbonyl (C=O) groups is 1. The van der Waals surface area contributed by atoms with Crippen LogP contribution in [0.3, 0.4) is 0 Å². The fourth-order valence-electron chi connectivity index (χ4n) is 1.57. The third-order valence-corrected chi connectivity index (χ3v) is 2.42. The van der Waals surface area contributed by atoms with E-state index in [2.05, 4.69) is 10.3 Å². The summed E-state index contributed by atoms with van der Waals surface area (Å²) in [7, 11) is 1.92. The highest BCUT2D eigenvalue weighted by Gasteiger charge is 2.19. The standard InChI is InChI=1S/C9H14N4O/c1-12-6-4-10-9(12)11-7-13-5-2-3-8(13)14/h4,6H,2-3,5,7H2,1H3,(H,10,11). The molecule has 0 atom stereocenters. The van der Waals surface area contributed by atoms with Crippen LogP contribution < -0.4 is 5.32 Å². The van der Waals surface area contributed by atoms with Crippen LogP contribution in [0.15, 0.2) is 12.4 Å². The Bertz CT molecular complexity index is 333. The molecule has 1 fully saturated rings. The van der Waals surface area contributed by atoms with E-state index in [-0.39, 0.29) is 5.91 Å². The Hall–Kier alpha value is -1.52. The van der Waals surface area contributed by atoms with Crippen LogP contribution in [0.5, 0.6) is 0 Å². The predicted molar refractivity (Wildman–Crippen MR) is 52.6 cm³/mol. The number of likely N-dealkylation sites (tertiary alicyclic amines) is 1. The lowest BCUT2D eigenvalue weighted by molar-refractivity contribution is -0.127. The molecule has 1 aliphatic heterocycles. The monoisotopic (exact) mass is 194 g/mol. The maximum absolute atomic E-state index is 11.3. The largest absolute Gasteiger partial charge is 0.338 e. The van der Waals surface area contributed by atoms with Gasteiger partial charge in [0.05, 0.1) is 6.67 Å². The van der Waals surface area contributed by atoms with Gasteiger partial charge in [0, 0.05) is 32.4 Å². The molecule has 0 aliphatic carbocycles. The Morgan fingerprint density at radius 2 is 2.50 bits per heavy atom. The summed E-state index contributed by atoms with van der Waals surface area (Å²) >= 11 is 0. The van der Waals surface area contributed by atoms with Crippen molar-refractivity contribution >= 4 is 11.9 Å². The number of hydrogen-bond donors (Lipinski definition) is 1. The molecule has 1 aromatic heterocycles. The van der Waals surface area contributed by atoms with Crippen LogP contribution in [0, 0.1) is 0 Å². The van der Waals surface area contributed by atoms with Crippen molar-refractivity contribution in [1.29, 1.82) is 0 Å². The molecule has 1 N–H and O–H groups in total. The number of nitrogens with zero attached hydrogens (tertiary/aromatic N) is 3. The second kappa shape index (κ2) is 3.69. The first-order valence-corrected chi connectivity index (χ1v) is 4.76. The zero-order valence-electron chi connectivity index (χ0n) is 8.23. The summed E-state index contributed by atoms with van der Waals surface area (Å²) in [6.07, 6.45) is 5.26. The molecular formula is C9H14N4O. The van der Waals surface area contributed by atoms with Gasteiger partial charge in [0.1, 0.15) is 0 Å². The van der Waals surface area contributed by atoms with Crippen molar-refractivity contribution in [2.24, 2.45) is 7.05 Å². The smallest absolute Gasteiger partial charge is 0.224 e. The SMILES string of the molecule is Cn1ccnc1NCN1CCCC1=O. The van der Waals surface area contributed by atoms with Gasteiger partial charge in [-0.25, -0.2) is 4.98 Å². The van der Waals surface area contributed by atoms with Crippen molar-refractivity contribution in [3.63, 3.8) is 0 Å². The predicted octanol–water partition coefficient (Wildman–Crippen LogP) is 0.412. The maximum atomic E-state index is 11.3. The molecule has 1 saturated heterocycles. The topological polar surface area (TPSA) is 50.2 Å². The third-order valence-electron chi connectivity index (χ3n) is 2.42. The summed E-state index contributed by atoms with van der Waals surface area (Å²) in [6, 6.07) is 0. The number of aryl methyl sites for hydroxylation is 1. The average Bonchev–Trinajstić information content (AvgIpc) is 2.72. The molecule has 14 heavy (non-hydrogen) atoms. The van der Waals surface area contributed by atoms with Gasteiger partial charge in [-0.15, -0.1) is 0 Å². The second-order valence-electron chi connectivity index (χ2n) is 3.46. The molecule has 0 aromatic carbocycles. The van der Waals surface area contributed by atoms with Crippen LogP contribution in [0.25, 0.3) is 0 Å². The first-order chi connectivity index (χ1) is 6.77. The average molecular weight is 194 g/mol. The molecule has 1 aromatic rings. The molecule has 0 bridgehead atoms. The normalized spacial score (nSPS) is 16.4. The number of carbonyl (C=O) groups excluding carboxylic acids is 1. The molecule has 0 saturated carbocycles. The first-order valence-electron chi connectivity index (χ1n) is 4.76. The molecule has 5 nitrogen and oxygen atoms in total. The minimum Gasteiger partial charge on any atom is -0.338 e. The number of nitrogens with one attached hydrogen (secondary N) is 1. The van der Waals surface area contributed by atoms with E-state index in [1.807, 2.05) is 22.7 Å². The molecular weight excluding hydrogens is 180 g/mol. The number of amides is 1. The molecule has 2 rings (SSSR count). The van der Waals surface area contributed by atoms with E-state index in [9.17, 15) is 4.79 Å². The Labute approximate surface area is 82.7 Å². The quantitative estimate of drug-likeness (QED) is 0.758. The molecule has 0 radical (unpaired) electrons. The van der Waals surface area contributed by atoms with Gasteiger partial charge >= 0.3 is 0 Å². The van der Waals surface area contributed by atoms with Crippen LogP contribution in [0.1, 0.15) is 12.8 Å². The van der Waals surface area contributed by atoms with Crippen LogP contribution in [-0.4, -0.2) is 33.6 Å². The van der Waals surface area contributed by atoms with Crippen LogP contribution >= 0.6 is 0 Å². The summed E-state index contributed by atoms with van der Waals surface area (Å²) in [4.78, 5) is 17.2. The molecule has 2 heterocycles.